The fourth-order valence-electron chi connectivity index (χ4n) is 4.28. The molecule has 182 valence electrons. The number of hydrogen-bond acceptors (Lipinski definition) is 6. The standard InChI is InChI=1S/C26H35N5O3/c1-19(2)26(33)31(17-20-5-6-20)18-25(32)30-14-4-13-29(15-16-30)24-12-11-23(27-28-24)21-7-9-22(34-3)10-8-21/h7-12,19-20H,4-6,13-18H2,1-3H3. The van der Waals surface area contributed by atoms with E-state index in [9.17, 15) is 9.59 Å². The van der Waals surface area contributed by atoms with Gasteiger partial charge in [0.15, 0.2) is 5.82 Å². The highest BCUT2D eigenvalue weighted by molar-refractivity contribution is 5.85. The molecule has 0 unspecified atom stereocenters. The molecular formula is C26H35N5O3. The number of nitrogens with zero attached hydrogens (tertiary/aromatic N) is 5. The number of hydrogen-bond donors (Lipinski definition) is 0. The van der Waals surface area contributed by atoms with Gasteiger partial charge in [-0.2, -0.15) is 0 Å². The van der Waals surface area contributed by atoms with Gasteiger partial charge in [0.2, 0.25) is 11.8 Å². The third-order valence-corrected chi connectivity index (χ3v) is 6.52. The van der Waals surface area contributed by atoms with Crippen LogP contribution in [0.5, 0.6) is 5.75 Å². The van der Waals surface area contributed by atoms with Gasteiger partial charge in [0, 0.05) is 44.2 Å². The Morgan fingerprint density at radius 3 is 2.41 bits per heavy atom. The van der Waals surface area contributed by atoms with Crippen molar-refractivity contribution in [2.45, 2.75) is 33.1 Å². The van der Waals surface area contributed by atoms with Crippen LogP contribution in [0.15, 0.2) is 36.4 Å². The van der Waals surface area contributed by atoms with Gasteiger partial charge in [-0.3, -0.25) is 9.59 Å². The number of amides is 2. The van der Waals surface area contributed by atoms with Gasteiger partial charge in [0.25, 0.3) is 0 Å². The van der Waals surface area contributed by atoms with Crippen molar-refractivity contribution >= 4 is 17.6 Å². The molecule has 8 nitrogen and oxygen atoms in total. The summed E-state index contributed by atoms with van der Waals surface area (Å²) in [6, 6.07) is 11.7. The Balaban J connectivity index is 1.34. The molecule has 1 aromatic heterocycles. The fourth-order valence-corrected chi connectivity index (χ4v) is 4.28. The number of carbonyl (C=O) groups excluding carboxylic acids is 2. The molecule has 2 fully saturated rings. The zero-order chi connectivity index (χ0) is 24.1. The van der Waals surface area contributed by atoms with Gasteiger partial charge in [0.05, 0.1) is 19.3 Å². The molecule has 1 aliphatic carbocycles. The molecule has 0 N–H and O–H groups in total. The lowest BCUT2D eigenvalue weighted by Gasteiger charge is -2.28. The molecule has 1 saturated carbocycles. The summed E-state index contributed by atoms with van der Waals surface area (Å²) in [5.74, 6) is 2.21. The Kier molecular flexibility index (Phi) is 7.65. The van der Waals surface area contributed by atoms with Crippen LogP contribution in [0.1, 0.15) is 33.1 Å². The molecule has 2 aromatic rings. The van der Waals surface area contributed by atoms with Crippen molar-refractivity contribution in [1.82, 2.24) is 20.0 Å². The lowest BCUT2D eigenvalue weighted by atomic mass is 10.1. The third kappa shape index (κ3) is 6.04. The first-order valence-corrected chi connectivity index (χ1v) is 12.2. The van der Waals surface area contributed by atoms with Crippen LogP contribution in [0.4, 0.5) is 5.82 Å². The molecule has 4 rings (SSSR count). The van der Waals surface area contributed by atoms with Crippen molar-refractivity contribution in [2.75, 3.05) is 51.3 Å². The molecule has 0 spiro atoms. The van der Waals surface area contributed by atoms with E-state index in [1.165, 1.54) is 0 Å². The van der Waals surface area contributed by atoms with Crippen LogP contribution in [-0.4, -0.2) is 78.2 Å². The van der Waals surface area contributed by atoms with Crippen LogP contribution in [0, 0.1) is 11.8 Å². The molecule has 8 heteroatoms. The van der Waals surface area contributed by atoms with Crippen LogP contribution in [-0.2, 0) is 9.59 Å². The molecule has 1 saturated heterocycles. The minimum absolute atomic E-state index is 0.0393. The SMILES string of the molecule is COc1ccc(-c2ccc(N3CCCN(C(=O)CN(CC4CC4)C(=O)C(C)C)CC3)nn2)cc1. The number of anilines is 1. The summed E-state index contributed by atoms with van der Waals surface area (Å²) in [4.78, 5) is 31.5. The Bertz CT molecular complexity index is 973. The summed E-state index contributed by atoms with van der Waals surface area (Å²) >= 11 is 0. The quantitative estimate of drug-likeness (QED) is 0.596. The average molecular weight is 466 g/mol. The zero-order valence-electron chi connectivity index (χ0n) is 20.4. The number of ether oxygens (including phenoxy) is 1. The Morgan fingerprint density at radius 1 is 1.03 bits per heavy atom. The second-order valence-corrected chi connectivity index (χ2v) is 9.54. The highest BCUT2D eigenvalue weighted by atomic mass is 16.5. The second kappa shape index (κ2) is 10.8. The lowest BCUT2D eigenvalue weighted by molar-refractivity contribution is -0.142. The normalized spacial score (nSPS) is 16.4. The Morgan fingerprint density at radius 2 is 1.79 bits per heavy atom. The van der Waals surface area contributed by atoms with Gasteiger partial charge in [-0.15, -0.1) is 10.2 Å². The molecule has 2 amide bonds. The predicted molar refractivity (Wildman–Crippen MR) is 132 cm³/mol. The molecule has 0 atom stereocenters. The van der Waals surface area contributed by atoms with E-state index < -0.39 is 0 Å². The van der Waals surface area contributed by atoms with Gasteiger partial charge in [-0.1, -0.05) is 13.8 Å². The maximum atomic E-state index is 13.1. The van der Waals surface area contributed by atoms with Crippen molar-refractivity contribution in [3.63, 3.8) is 0 Å². The molecule has 2 heterocycles. The Labute approximate surface area is 201 Å². The Hall–Kier alpha value is -3.16. The highest BCUT2D eigenvalue weighted by Crippen LogP contribution is 2.30. The second-order valence-electron chi connectivity index (χ2n) is 9.54. The summed E-state index contributed by atoms with van der Waals surface area (Å²) in [5, 5.41) is 8.87. The minimum Gasteiger partial charge on any atom is -0.497 e. The van der Waals surface area contributed by atoms with Crippen LogP contribution >= 0.6 is 0 Å². The summed E-state index contributed by atoms with van der Waals surface area (Å²) in [6.45, 7) is 7.52. The van der Waals surface area contributed by atoms with Gasteiger partial charge >= 0.3 is 0 Å². The average Bonchev–Trinajstić information content (AvgIpc) is 3.70. The van der Waals surface area contributed by atoms with E-state index in [0.29, 0.717) is 32.1 Å². The molecule has 1 aromatic carbocycles. The van der Waals surface area contributed by atoms with E-state index in [-0.39, 0.29) is 24.3 Å². The first-order chi connectivity index (χ1) is 16.4. The van der Waals surface area contributed by atoms with Crippen LogP contribution in [0.3, 0.4) is 0 Å². The number of methoxy groups -OCH3 is 1. The van der Waals surface area contributed by atoms with Crippen LogP contribution in [0.25, 0.3) is 11.3 Å². The van der Waals surface area contributed by atoms with Crippen LogP contribution < -0.4 is 9.64 Å². The zero-order valence-corrected chi connectivity index (χ0v) is 20.4. The molecular weight excluding hydrogens is 430 g/mol. The third-order valence-electron chi connectivity index (χ3n) is 6.52. The predicted octanol–water partition coefficient (Wildman–Crippen LogP) is 3.09. The smallest absolute Gasteiger partial charge is 0.242 e. The van der Waals surface area contributed by atoms with Crippen molar-refractivity contribution in [2.24, 2.45) is 11.8 Å². The van der Waals surface area contributed by atoms with Gasteiger partial charge in [-0.05, 0) is 61.6 Å². The van der Waals surface area contributed by atoms with Gasteiger partial charge < -0.3 is 19.4 Å². The fraction of sp³-hybridized carbons (Fsp3) is 0.538. The van der Waals surface area contributed by atoms with Crippen molar-refractivity contribution < 1.29 is 14.3 Å². The lowest BCUT2D eigenvalue weighted by Crippen LogP contribution is -2.46. The maximum Gasteiger partial charge on any atom is 0.242 e. The summed E-state index contributed by atoms with van der Waals surface area (Å²) in [5.41, 5.74) is 1.79. The van der Waals surface area contributed by atoms with E-state index in [1.807, 2.05) is 55.1 Å². The molecule has 34 heavy (non-hydrogen) atoms. The molecule has 1 aliphatic heterocycles. The van der Waals surface area contributed by atoms with E-state index in [0.717, 1.165) is 48.6 Å². The van der Waals surface area contributed by atoms with Crippen molar-refractivity contribution in [3.05, 3.63) is 36.4 Å². The molecule has 2 aliphatic rings. The van der Waals surface area contributed by atoms with E-state index in [4.69, 9.17) is 4.74 Å². The highest BCUT2D eigenvalue weighted by Gasteiger charge is 2.30. The monoisotopic (exact) mass is 465 g/mol. The van der Waals surface area contributed by atoms with E-state index in [2.05, 4.69) is 15.1 Å². The summed E-state index contributed by atoms with van der Waals surface area (Å²) < 4.78 is 5.21. The first-order valence-electron chi connectivity index (χ1n) is 12.2. The summed E-state index contributed by atoms with van der Waals surface area (Å²) in [7, 11) is 1.65. The van der Waals surface area contributed by atoms with Crippen LogP contribution in [0.2, 0.25) is 0 Å². The number of rotatable bonds is 8. The number of benzene rings is 1. The number of aromatic nitrogens is 2. The van der Waals surface area contributed by atoms with Gasteiger partial charge in [0.1, 0.15) is 5.75 Å². The van der Waals surface area contributed by atoms with Gasteiger partial charge in [-0.25, -0.2) is 0 Å². The topological polar surface area (TPSA) is 78.9 Å². The van der Waals surface area contributed by atoms with E-state index in [1.54, 1.807) is 12.0 Å². The molecule has 0 radical (unpaired) electrons. The number of carbonyl (C=O) groups is 2. The summed E-state index contributed by atoms with van der Waals surface area (Å²) in [6.07, 6.45) is 3.18. The maximum absolute atomic E-state index is 13.1. The molecule has 0 bridgehead atoms. The van der Waals surface area contributed by atoms with E-state index >= 15 is 0 Å². The largest absolute Gasteiger partial charge is 0.497 e. The van der Waals surface area contributed by atoms with Crippen molar-refractivity contribution in [3.8, 4) is 17.0 Å². The minimum atomic E-state index is -0.0920. The first kappa shape index (κ1) is 24.0. The van der Waals surface area contributed by atoms with Crippen molar-refractivity contribution in [1.29, 1.82) is 0 Å².